The number of imide groups is 1. The maximum absolute atomic E-state index is 12.4. The highest BCUT2D eigenvalue weighted by Gasteiger charge is 2.35. The topological polar surface area (TPSA) is 90.6 Å². The first-order valence-corrected chi connectivity index (χ1v) is 7.26. The molecule has 1 N–H and O–H groups in total. The Kier molecular flexibility index (Phi) is 4.02. The van der Waals surface area contributed by atoms with Gasteiger partial charge in [0, 0.05) is 5.56 Å². The maximum Gasteiger partial charge on any atom is 0.261 e. The molecule has 2 amide bonds. The molecule has 0 radical (unpaired) electrons. The summed E-state index contributed by atoms with van der Waals surface area (Å²) in [4.78, 5) is 26.0. The van der Waals surface area contributed by atoms with Crippen LogP contribution in [0.5, 0.6) is 5.75 Å². The van der Waals surface area contributed by atoms with E-state index < -0.39 is 0 Å². The van der Waals surface area contributed by atoms with Gasteiger partial charge in [0.05, 0.1) is 43.0 Å². The monoisotopic (exact) mass is 322 g/mol. The van der Waals surface area contributed by atoms with E-state index in [9.17, 15) is 20.0 Å². The number of aliphatic hydroxyl groups excluding tert-OH is 1. The molecule has 1 heterocycles. The van der Waals surface area contributed by atoms with Crippen molar-refractivity contribution >= 4 is 11.8 Å². The van der Waals surface area contributed by atoms with Gasteiger partial charge in [0.2, 0.25) is 0 Å². The van der Waals surface area contributed by atoms with Gasteiger partial charge in [-0.15, -0.1) is 0 Å². The number of amides is 2. The minimum atomic E-state index is -0.388. The molecule has 24 heavy (non-hydrogen) atoms. The molecule has 0 unspecified atom stereocenters. The first-order valence-electron chi connectivity index (χ1n) is 7.26. The van der Waals surface area contributed by atoms with Crippen LogP contribution >= 0.6 is 0 Å². The van der Waals surface area contributed by atoms with Crippen LogP contribution in [0.4, 0.5) is 0 Å². The Bertz CT molecular complexity index is 848. The first kappa shape index (κ1) is 15.7. The second kappa shape index (κ2) is 6.14. The SMILES string of the molecule is COc1cc(C#N)c(CN2C(=O)c3ccccc3C2=O)cc1CO. The van der Waals surface area contributed by atoms with E-state index in [-0.39, 0.29) is 25.0 Å². The number of fused-ring (bicyclic) bond motifs is 1. The summed E-state index contributed by atoms with van der Waals surface area (Å²) in [6.45, 7) is -0.309. The van der Waals surface area contributed by atoms with Gasteiger partial charge >= 0.3 is 0 Å². The van der Waals surface area contributed by atoms with Crippen molar-refractivity contribution in [2.45, 2.75) is 13.2 Å². The molecule has 0 fully saturated rings. The predicted molar refractivity (Wildman–Crippen MR) is 84.3 cm³/mol. The molecule has 0 bridgehead atoms. The highest BCUT2D eigenvalue weighted by Crippen LogP contribution is 2.28. The van der Waals surface area contributed by atoms with Gasteiger partial charge in [-0.3, -0.25) is 14.5 Å². The summed E-state index contributed by atoms with van der Waals surface area (Å²) in [5.41, 5.74) is 1.98. The largest absolute Gasteiger partial charge is 0.496 e. The minimum absolute atomic E-state index is 0.0355. The fraction of sp³-hybridized carbons (Fsp3) is 0.167. The Hall–Kier alpha value is -3.17. The number of hydrogen-bond donors (Lipinski definition) is 1. The van der Waals surface area contributed by atoms with Crippen molar-refractivity contribution in [3.63, 3.8) is 0 Å². The highest BCUT2D eigenvalue weighted by molar-refractivity contribution is 6.21. The molecule has 120 valence electrons. The number of aliphatic hydroxyl groups is 1. The molecule has 0 saturated carbocycles. The summed E-state index contributed by atoms with van der Waals surface area (Å²) in [6.07, 6.45) is 0. The van der Waals surface area contributed by atoms with Gasteiger partial charge in [-0.2, -0.15) is 5.26 Å². The van der Waals surface area contributed by atoms with Crippen molar-refractivity contribution in [1.29, 1.82) is 5.26 Å². The van der Waals surface area contributed by atoms with Gasteiger partial charge in [-0.1, -0.05) is 12.1 Å². The Morgan fingerprint density at radius 2 is 1.75 bits per heavy atom. The predicted octanol–water partition coefficient (Wildman–Crippen LogP) is 1.86. The molecule has 1 aliphatic rings. The lowest BCUT2D eigenvalue weighted by molar-refractivity contribution is 0.0642. The smallest absolute Gasteiger partial charge is 0.261 e. The quantitative estimate of drug-likeness (QED) is 0.868. The molecule has 0 aromatic heterocycles. The van der Waals surface area contributed by atoms with Gasteiger partial charge in [-0.05, 0) is 29.8 Å². The van der Waals surface area contributed by atoms with Crippen LogP contribution in [0.2, 0.25) is 0 Å². The number of carbonyl (C=O) groups excluding carboxylic acids is 2. The van der Waals surface area contributed by atoms with E-state index in [0.717, 1.165) is 4.90 Å². The molecule has 0 aliphatic carbocycles. The summed E-state index contributed by atoms with van der Waals surface area (Å²) in [7, 11) is 1.44. The number of hydrogen-bond acceptors (Lipinski definition) is 5. The van der Waals surface area contributed by atoms with Crippen LogP contribution in [0, 0.1) is 11.3 Å². The van der Waals surface area contributed by atoms with Crippen LogP contribution in [0.3, 0.4) is 0 Å². The van der Waals surface area contributed by atoms with E-state index in [1.807, 2.05) is 6.07 Å². The van der Waals surface area contributed by atoms with Crippen molar-refractivity contribution < 1.29 is 19.4 Å². The number of nitriles is 1. The molecule has 3 rings (SSSR count). The van der Waals surface area contributed by atoms with Gasteiger partial charge < -0.3 is 9.84 Å². The van der Waals surface area contributed by atoms with E-state index in [1.165, 1.54) is 13.2 Å². The highest BCUT2D eigenvalue weighted by atomic mass is 16.5. The van der Waals surface area contributed by atoms with Crippen LogP contribution in [-0.4, -0.2) is 28.9 Å². The van der Waals surface area contributed by atoms with Gasteiger partial charge in [0.25, 0.3) is 11.8 Å². The Balaban J connectivity index is 1.99. The number of methoxy groups -OCH3 is 1. The number of carbonyl (C=O) groups is 2. The van der Waals surface area contributed by atoms with Crippen LogP contribution < -0.4 is 4.74 Å². The lowest BCUT2D eigenvalue weighted by atomic mass is 10.0. The van der Waals surface area contributed by atoms with Gasteiger partial charge in [0.15, 0.2) is 0 Å². The van der Waals surface area contributed by atoms with Gasteiger partial charge in [0.1, 0.15) is 5.75 Å². The molecule has 2 aromatic carbocycles. The average Bonchev–Trinajstić information content (AvgIpc) is 2.86. The Morgan fingerprint density at radius 3 is 2.25 bits per heavy atom. The average molecular weight is 322 g/mol. The van der Waals surface area contributed by atoms with E-state index in [0.29, 0.717) is 33.6 Å². The molecule has 6 nitrogen and oxygen atoms in total. The summed E-state index contributed by atoms with van der Waals surface area (Å²) in [5, 5.41) is 18.8. The molecular formula is C18H14N2O4. The lowest BCUT2D eigenvalue weighted by Crippen LogP contribution is -2.29. The van der Waals surface area contributed by atoms with Crippen LogP contribution in [0.25, 0.3) is 0 Å². The van der Waals surface area contributed by atoms with E-state index >= 15 is 0 Å². The Morgan fingerprint density at radius 1 is 1.12 bits per heavy atom. The fourth-order valence-electron chi connectivity index (χ4n) is 2.78. The Labute approximate surface area is 138 Å². The van der Waals surface area contributed by atoms with E-state index in [2.05, 4.69) is 0 Å². The number of ether oxygens (including phenoxy) is 1. The van der Waals surface area contributed by atoms with E-state index in [1.54, 1.807) is 30.3 Å². The summed E-state index contributed by atoms with van der Waals surface area (Å²) in [6, 6.07) is 11.7. The molecule has 0 saturated heterocycles. The molecular weight excluding hydrogens is 308 g/mol. The maximum atomic E-state index is 12.4. The molecule has 1 aliphatic heterocycles. The molecule has 2 aromatic rings. The molecule has 0 atom stereocenters. The molecule has 6 heteroatoms. The van der Waals surface area contributed by atoms with Crippen molar-refractivity contribution in [3.05, 3.63) is 64.2 Å². The van der Waals surface area contributed by atoms with Crippen molar-refractivity contribution in [2.75, 3.05) is 7.11 Å². The zero-order valence-corrected chi connectivity index (χ0v) is 12.9. The van der Waals surface area contributed by atoms with Crippen molar-refractivity contribution in [2.24, 2.45) is 0 Å². The zero-order chi connectivity index (χ0) is 17.3. The minimum Gasteiger partial charge on any atom is -0.496 e. The first-order chi connectivity index (χ1) is 11.6. The van der Waals surface area contributed by atoms with Crippen LogP contribution in [0.15, 0.2) is 36.4 Å². The third kappa shape index (κ3) is 2.41. The normalized spacial score (nSPS) is 13.0. The van der Waals surface area contributed by atoms with Gasteiger partial charge in [-0.25, -0.2) is 0 Å². The van der Waals surface area contributed by atoms with Crippen LogP contribution in [0.1, 0.15) is 37.4 Å². The lowest BCUT2D eigenvalue weighted by Gasteiger charge is -2.17. The molecule has 0 spiro atoms. The summed E-state index contributed by atoms with van der Waals surface area (Å²) >= 11 is 0. The standard InChI is InChI=1S/C18H14N2O4/c1-24-16-7-11(8-19)12(6-13(16)10-21)9-20-17(22)14-4-2-3-5-15(14)18(20)23/h2-7,21H,9-10H2,1H3. The van der Waals surface area contributed by atoms with Crippen molar-refractivity contribution in [3.8, 4) is 11.8 Å². The fourth-order valence-corrected chi connectivity index (χ4v) is 2.78. The second-order valence-electron chi connectivity index (χ2n) is 5.33. The third-order valence-electron chi connectivity index (χ3n) is 4.00. The number of nitrogens with zero attached hydrogens (tertiary/aromatic N) is 2. The van der Waals surface area contributed by atoms with E-state index in [4.69, 9.17) is 4.74 Å². The third-order valence-corrected chi connectivity index (χ3v) is 4.00. The van der Waals surface area contributed by atoms with Crippen molar-refractivity contribution in [1.82, 2.24) is 4.90 Å². The summed E-state index contributed by atoms with van der Waals surface area (Å²) in [5.74, 6) is -0.387. The second-order valence-corrected chi connectivity index (χ2v) is 5.33. The van der Waals surface area contributed by atoms with Crippen LogP contribution in [-0.2, 0) is 13.2 Å². The number of rotatable bonds is 4. The summed E-state index contributed by atoms with van der Waals surface area (Å²) < 4.78 is 5.14. The number of benzene rings is 2. The zero-order valence-electron chi connectivity index (χ0n) is 12.9.